The van der Waals surface area contributed by atoms with E-state index in [2.05, 4.69) is 42.6 Å². The largest absolute Gasteiger partial charge is 0.508 e. The van der Waals surface area contributed by atoms with Crippen molar-refractivity contribution in [1.29, 1.82) is 0 Å². The number of carbonyl (C=O) groups is 1. The van der Waals surface area contributed by atoms with Gasteiger partial charge >= 0.3 is 0 Å². The Kier molecular flexibility index (Phi) is 8.17. The molecular formula is C28H31N3O2. The van der Waals surface area contributed by atoms with Crippen LogP contribution in [0.3, 0.4) is 0 Å². The molecule has 170 valence electrons. The number of aryl methyl sites for hydroxylation is 2. The summed E-state index contributed by atoms with van der Waals surface area (Å²) in [5, 5.41) is 17.2. The van der Waals surface area contributed by atoms with Crippen molar-refractivity contribution < 1.29 is 9.90 Å². The van der Waals surface area contributed by atoms with E-state index in [9.17, 15) is 9.90 Å². The molecule has 1 heterocycles. The van der Waals surface area contributed by atoms with Gasteiger partial charge in [-0.15, -0.1) is 0 Å². The fourth-order valence-electron chi connectivity index (χ4n) is 3.62. The molecule has 1 atom stereocenters. The second-order valence-electron chi connectivity index (χ2n) is 8.18. The third-order valence-electron chi connectivity index (χ3n) is 5.27. The average Bonchev–Trinajstić information content (AvgIpc) is 3.23. The van der Waals surface area contributed by atoms with E-state index in [4.69, 9.17) is 5.10 Å². The zero-order valence-electron chi connectivity index (χ0n) is 19.6. The van der Waals surface area contributed by atoms with Gasteiger partial charge in [0.2, 0.25) is 0 Å². The highest BCUT2D eigenvalue weighted by molar-refractivity contribution is 5.65. The maximum absolute atomic E-state index is 11.9. The smallest absolute Gasteiger partial charge is 0.127 e. The summed E-state index contributed by atoms with van der Waals surface area (Å²) in [4.78, 5) is 11.9. The zero-order valence-corrected chi connectivity index (χ0v) is 19.6. The monoisotopic (exact) mass is 441 g/mol. The van der Waals surface area contributed by atoms with Crippen molar-refractivity contribution in [3.8, 4) is 22.7 Å². The third kappa shape index (κ3) is 6.18. The highest BCUT2D eigenvalue weighted by Gasteiger charge is 2.17. The van der Waals surface area contributed by atoms with Gasteiger partial charge in [-0.25, -0.2) is 4.68 Å². The number of phenols is 1. The van der Waals surface area contributed by atoms with Crippen molar-refractivity contribution in [1.82, 2.24) is 15.1 Å². The Morgan fingerprint density at radius 2 is 1.61 bits per heavy atom. The Morgan fingerprint density at radius 1 is 0.939 bits per heavy atom. The molecule has 0 aliphatic heterocycles. The molecule has 5 nitrogen and oxygen atoms in total. The summed E-state index contributed by atoms with van der Waals surface area (Å²) >= 11 is 0. The Bertz CT molecular complexity index is 1120. The Labute approximate surface area is 195 Å². The van der Waals surface area contributed by atoms with E-state index in [1.807, 2.05) is 62.1 Å². The molecule has 33 heavy (non-hydrogen) atoms. The van der Waals surface area contributed by atoms with Gasteiger partial charge in [-0.2, -0.15) is 5.10 Å². The Morgan fingerprint density at radius 3 is 2.21 bits per heavy atom. The summed E-state index contributed by atoms with van der Waals surface area (Å²) < 4.78 is 1.87. The minimum atomic E-state index is -0.251. The summed E-state index contributed by atoms with van der Waals surface area (Å²) in [5.74, 6) is -0.0394. The van der Waals surface area contributed by atoms with Crippen LogP contribution in [0.5, 0.6) is 5.75 Å². The second kappa shape index (κ2) is 11.2. The molecular weight excluding hydrogens is 410 g/mol. The maximum Gasteiger partial charge on any atom is 0.127 e. The molecule has 4 aromatic rings. The Balaban J connectivity index is 0.000000968. The van der Waals surface area contributed by atoms with Crippen LogP contribution in [0.25, 0.3) is 16.9 Å². The molecule has 0 aliphatic rings. The van der Waals surface area contributed by atoms with E-state index < -0.39 is 0 Å². The van der Waals surface area contributed by atoms with Crippen molar-refractivity contribution in [2.75, 3.05) is 14.1 Å². The number of carbonyl (C=O) groups excluding carboxylic acids is 1. The van der Waals surface area contributed by atoms with Crippen molar-refractivity contribution in [2.24, 2.45) is 0 Å². The molecule has 0 bridgehead atoms. The van der Waals surface area contributed by atoms with E-state index in [-0.39, 0.29) is 11.7 Å². The molecule has 0 radical (unpaired) electrons. The van der Waals surface area contributed by atoms with Gasteiger partial charge in [0.25, 0.3) is 0 Å². The lowest BCUT2D eigenvalue weighted by atomic mass is 9.94. The quantitative estimate of drug-likeness (QED) is 0.403. The zero-order chi connectivity index (χ0) is 23.8. The van der Waals surface area contributed by atoms with Crippen molar-refractivity contribution >= 4 is 6.29 Å². The van der Waals surface area contributed by atoms with Gasteiger partial charge < -0.3 is 15.2 Å². The van der Waals surface area contributed by atoms with Crippen LogP contribution >= 0.6 is 0 Å². The minimum Gasteiger partial charge on any atom is -0.508 e. The molecule has 0 amide bonds. The van der Waals surface area contributed by atoms with Crippen LogP contribution in [0, 0.1) is 13.8 Å². The van der Waals surface area contributed by atoms with Crippen LogP contribution in [0.15, 0.2) is 78.9 Å². The first-order valence-electron chi connectivity index (χ1n) is 11.0. The topological polar surface area (TPSA) is 67.2 Å². The predicted octanol–water partition coefficient (Wildman–Crippen LogP) is 5.22. The number of aromatic nitrogens is 2. The fraction of sp³-hybridized carbons (Fsp3) is 0.214. The molecule has 2 N–H and O–H groups in total. The third-order valence-corrected chi connectivity index (χ3v) is 5.27. The van der Waals surface area contributed by atoms with Gasteiger partial charge in [0, 0.05) is 17.9 Å². The molecule has 3 aromatic carbocycles. The van der Waals surface area contributed by atoms with E-state index in [0.29, 0.717) is 6.42 Å². The van der Waals surface area contributed by atoms with Crippen molar-refractivity contribution in [3.63, 3.8) is 0 Å². The number of hydrogen-bond acceptors (Lipinski definition) is 4. The summed E-state index contributed by atoms with van der Waals surface area (Å²) in [5.41, 5.74) is 7.02. The maximum atomic E-state index is 11.9. The second-order valence-corrected chi connectivity index (χ2v) is 8.18. The van der Waals surface area contributed by atoms with Crippen LogP contribution in [-0.2, 0) is 11.2 Å². The van der Waals surface area contributed by atoms with Gasteiger partial charge in [0.1, 0.15) is 12.0 Å². The van der Waals surface area contributed by atoms with Crippen LogP contribution in [0.4, 0.5) is 0 Å². The van der Waals surface area contributed by atoms with E-state index in [1.165, 1.54) is 5.56 Å². The highest BCUT2D eigenvalue weighted by atomic mass is 16.3. The highest BCUT2D eigenvalue weighted by Crippen LogP contribution is 2.28. The van der Waals surface area contributed by atoms with Gasteiger partial charge in [-0.3, -0.25) is 0 Å². The van der Waals surface area contributed by atoms with Gasteiger partial charge in [-0.1, -0.05) is 59.7 Å². The molecule has 1 aromatic heterocycles. The number of phenolic OH excluding ortho intramolecular Hbond substituents is 1. The summed E-state index contributed by atoms with van der Waals surface area (Å²) in [6, 6.07) is 25.4. The number of hydrogen-bond donors (Lipinski definition) is 2. The molecule has 4 rings (SSSR count). The molecule has 1 unspecified atom stereocenters. The molecule has 5 heteroatoms. The average molecular weight is 442 g/mol. The first kappa shape index (κ1) is 24.0. The molecule has 0 spiro atoms. The fourth-order valence-corrected chi connectivity index (χ4v) is 3.62. The number of rotatable bonds is 6. The Hall–Kier alpha value is -3.70. The van der Waals surface area contributed by atoms with E-state index in [0.717, 1.165) is 40.1 Å². The SMILES string of the molecule is CNC.Cc1ccc(-c2cc(CC(C=O)c3cccc(C)c3)nn2-c2ccc(O)cc2)cc1. The van der Waals surface area contributed by atoms with Crippen LogP contribution in [0.1, 0.15) is 28.3 Å². The summed E-state index contributed by atoms with van der Waals surface area (Å²) in [6.07, 6.45) is 1.52. The van der Waals surface area contributed by atoms with Crippen LogP contribution in [-0.4, -0.2) is 35.3 Å². The van der Waals surface area contributed by atoms with Gasteiger partial charge in [0.15, 0.2) is 0 Å². The number of aldehydes is 1. The number of benzene rings is 3. The van der Waals surface area contributed by atoms with Crippen molar-refractivity contribution in [2.45, 2.75) is 26.2 Å². The molecule has 0 saturated carbocycles. The number of nitrogens with zero attached hydrogens (tertiary/aromatic N) is 2. The normalized spacial score (nSPS) is 11.4. The lowest BCUT2D eigenvalue weighted by molar-refractivity contribution is -0.109. The summed E-state index contributed by atoms with van der Waals surface area (Å²) in [7, 11) is 3.75. The molecule has 0 fully saturated rings. The first-order valence-corrected chi connectivity index (χ1v) is 11.0. The molecule has 0 saturated heterocycles. The lowest BCUT2D eigenvalue weighted by Crippen LogP contribution is -2.06. The number of nitrogens with one attached hydrogen (secondary N) is 1. The molecule has 0 aliphatic carbocycles. The predicted molar refractivity (Wildman–Crippen MR) is 134 cm³/mol. The lowest BCUT2D eigenvalue weighted by Gasteiger charge is -2.10. The van der Waals surface area contributed by atoms with Crippen molar-refractivity contribution in [3.05, 3.63) is 101 Å². The van der Waals surface area contributed by atoms with Crippen LogP contribution < -0.4 is 5.32 Å². The standard InChI is InChI=1S/C26H24N2O2.C2H7N/c1-18-6-8-20(9-7-18)26-16-23(27-28(26)24-10-12-25(30)13-11-24)15-22(17-29)21-5-3-4-19(2)14-21;1-3-2/h3-14,16-17,22,30H,15H2,1-2H3;3H,1-2H3. The van der Waals surface area contributed by atoms with Gasteiger partial charge in [-0.05, 0) is 63.8 Å². The van der Waals surface area contributed by atoms with E-state index >= 15 is 0 Å². The van der Waals surface area contributed by atoms with Crippen LogP contribution in [0.2, 0.25) is 0 Å². The van der Waals surface area contributed by atoms with E-state index in [1.54, 1.807) is 12.1 Å². The number of aromatic hydroxyl groups is 1. The first-order chi connectivity index (χ1) is 15.9. The minimum absolute atomic E-state index is 0.212. The van der Waals surface area contributed by atoms with Gasteiger partial charge in [0.05, 0.1) is 17.1 Å². The summed E-state index contributed by atoms with van der Waals surface area (Å²) in [6.45, 7) is 4.09.